The summed E-state index contributed by atoms with van der Waals surface area (Å²) in [6.07, 6.45) is 0. The lowest BCUT2D eigenvalue weighted by atomic mass is 10.0. The lowest BCUT2D eigenvalue weighted by molar-refractivity contribution is 0.174. The zero-order chi connectivity index (χ0) is 15.2. The van der Waals surface area contributed by atoms with Crippen LogP contribution in [0.2, 0.25) is 0 Å². The fourth-order valence-corrected chi connectivity index (χ4v) is 3.56. The van der Waals surface area contributed by atoms with Crippen LogP contribution in [0.25, 0.3) is 0 Å². The molecule has 0 spiro atoms. The first-order valence-electron chi connectivity index (χ1n) is 6.95. The maximum atomic E-state index is 12.4. The van der Waals surface area contributed by atoms with Crippen LogP contribution in [-0.2, 0) is 14.6 Å². The lowest BCUT2D eigenvalue weighted by Gasteiger charge is -2.17. The SMILES string of the molecule is CCNC(COC)CS(=O)(=O)c1ccc(C(C)C)cc1. The van der Waals surface area contributed by atoms with E-state index in [0.29, 0.717) is 17.4 Å². The van der Waals surface area contributed by atoms with Gasteiger partial charge in [0, 0.05) is 13.2 Å². The molecule has 0 amide bonds. The van der Waals surface area contributed by atoms with Crippen molar-refractivity contribution in [2.75, 3.05) is 26.0 Å². The van der Waals surface area contributed by atoms with Gasteiger partial charge in [0.15, 0.2) is 9.84 Å². The molecule has 0 fully saturated rings. The molecule has 0 heterocycles. The molecule has 1 atom stereocenters. The van der Waals surface area contributed by atoms with Gasteiger partial charge in [-0.2, -0.15) is 0 Å². The number of hydrogen-bond donors (Lipinski definition) is 1. The third-order valence-corrected chi connectivity index (χ3v) is 5.02. The summed E-state index contributed by atoms with van der Waals surface area (Å²) in [5.74, 6) is 0.449. The summed E-state index contributed by atoms with van der Waals surface area (Å²) in [7, 11) is -1.71. The first-order chi connectivity index (χ1) is 9.40. The Morgan fingerprint density at radius 3 is 2.25 bits per heavy atom. The number of ether oxygens (including phenoxy) is 1. The van der Waals surface area contributed by atoms with E-state index in [0.717, 1.165) is 12.1 Å². The van der Waals surface area contributed by atoms with Crippen LogP contribution >= 0.6 is 0 Å². The van der Waals surface area contributed by atoms with Gasteiger partial charge >= 0.3 is 0 Å². The predicted octanol–water partition coefficient (Wildman–Crippen LogP) is 2.21. The minimum Gasteiger partial charge on any atom is -0.383 e. The van der Waals surface area contributed by atoms with Crippen LogP contribution in [0.3, 0.4) is 0 Å². The molecule has 0 saturated heterocycles. The van der Waals surface area contributed by atoms with Crippen molar-refractivity contribution in [1.29, 1.82) is 0 Å². The summed E-state index contributed by atoms with van der Waals surface area (Å²) in [5, 5.41) is 3.13. The van der Waals surface area contributed by atoms with Gasteiger partial charge in [0.25, 0.3) is 0 Å². The Kier molecular flexibility index (Phi) is 6.65. The molecule has 0 aromatic heterocycles. The fraction of sp³-hybridized carbons (Fsp3) is 0.600. The van der Waals surface area contributed by atoms with Crippen LogP contribution in [-0.4, -0.2) is 40.5 Å². The van der Waals surface area contributed by atoms with Crippen LogP contribution in [0.5, 0.6) is 0 Å². The lowest BCUT2D eigenvalue weighted by Crippen LogP contribution is -2.39. The number of likely N-dealkylation sites (N-methyl/N-ethyl adjacent to an activating group) is 1. The van der Waals surface area contributed by atoms with Gasteiger partial charge in [-0.25, -0.2) is 8.42 Å². The molecular formula is C15H25NO3S. The van der Waals surface area contributed by atoms with Crippen molar-refractivity contribution in [3.63, 3.8) is 0 Å². The number of sulfone groups is 1. The Balaban J connectivity index is 2.86. The summed E-state index contributed by atoms with van der Waals surface area (Å²) >= 11 is 0. The number of hydrogen-bond acceptors (Lipinski definition) is 4. The van der Waals surface area contributed by atoms with Crippen molar-refractivity contribution < 1.29 is 13.2 Å². The van der Waals surface area contributed by atoms with Gasteiger partial charge in [-0.05, 0) is 30.2 Å². The summed E-state index contributed by atoms with van der Waals surface area (Å²) in [4.78, 5) is 0.376. The molecule has 1 N–H and O–H groups in total. The molecule has 114 valence electrons. The summed E-state index contributed by atoms with van der Waals surface area (Å²) in [6, 6.07) is 6.98. The summed E-state index contributed by atoms with van der Waals surface area (Å²) in [6.45, 7) is 7.23. The molecule has 0 bridgehead atoms. The van der Waals surface area contributed by atoms with Crippen molar-refractivity contribution in [3.8, 4) is 0 Å². The Bertz CT molecular complexity index is 488. The number of nitrogens with one attached hydrogen (secondary N) is 1. The van der Waals surface area contributed by atoms with E-state index in [1.807, 2.05) is 19.1 Å². The normalized spacial score (nSPS) is 13.7. The van der Waals surface area contributed by atoms with E-state index in [-0.39, 0.29) is 11.8 Å². The van der Waals surface area contributed by atoms with Crippen molar-refractivity contribution in [1.82, 2.24) is 5.32 Å². The zero-order valence-corrected chi connectivity index (χ0v) is 13.5. The van der Waals surface area contributed by atoms with Gasteiger partial charge in [-0.3, -0.25) is 0 Å². The van der Waals surface area contributed by atoms with E-state index in [1.165, 1.54) is 0 Å². The van der Waals surface area contributed by atoms with Crippen LogP contribution in [0, 0.1) is 0 Å². The number of rotatable bonds is 8. The first kappa shape index (κ1) is 17.1. The highest BCUT2D eigenvalue weighted by Gasteiger charge is 2.20. The fourth-order valence-electron chi connectivity index (χ4n) is 2.08. The number of benzene rings is 1. The molecule has 0 aliphatic carbocycles. The van der Waals surface area contributed by atoms with Gasteiger partial charge in [-0.1, -0.05) is 32.9 Å². The highest BCUT2D eigenvalue weighted by atomic mass is 32.2. The van der Waals surface area contributed by atoms with Gasteiger partial charge in [0.05, 0.1) is 17.3 Å². The molecule has 5 heteroatoms. The maximum Gasteiger partial charge on any atom is 0.179 e. The second-order valence-corrected chi connectivity index (χ2v) is 7.25. The molecular weight excluding hydrogens is 274 g/mol. The van der Waals surface area contributed by atoms with E-state index in [9.17, 15) is 8.42 Å². The van der Waals surface area contributed by atoms with Crippen LogP contribution in [0.15, 0.2) is 29.2 Å². The van der Waals surface area contributed by atoms with Gasteiger partial charge in [-0.15, -0.1) is 0 Å². The molecule has 1 rings (SSSR count). The monoisotopic (exact) mass is 299 g/mol. The summed E-state index contributed by atoms with van der Waals surface area (Å²) in [5.41, 5.74) is 1.14. The molecule has 1 aromatic rings. The van der Waals surface area contributed by atoms with Gasteiger partial charge in [0.2, 0.25) is 0 Å². The Hall–Kier alpha value is -0.910. The Morgan fingerprint density at radius 1 is 1.20 bits per heavy atom. The molecule has 4 nitrogen and oxygen atoms in total. The highest BCUT2D eigenvalue weighted by Crippen LogP contribution is 2.18. The first-order valence-corrected chi connectivity index (χ1v) is 8.61. The average Bonchev–Trinajstić information content (AvgIpc) is 2.39. The molecule has 0 radical (unpaired) electrons. The second-order valence-electron chi connectivity index (χ2n) is 5.22. The van der Waals surface area contributed by atoms with Crippen molar-refractivity contribution >= 4 is 9.84 Å². The highest BCUT2D eigenvalue weighted by molar-refractivity contribution is 7.91. The van der Waals surface area contributed by atoms with Crippen LogP contribution < -0.4 is 5.32 Å². The second kappa shape index (κ2) is 7.76. The minimum absolute atomic E-state index is 0.0513. The predicted molar refractivity (Wildman–Crippen MR) is 81.9 cm³/mol. The molecule has 0 saturated carbocycles. The molecule has 0 aliphatic heterocycles. The Morgan fingerprint density at radius 2 is 1.80 bits per heavy atom. The van der Waals surface area contributed by atoms with Gasteiger partial charge < -0.3 is 10.1 Å². The molecule has 20 heavy (non-hydrogen) atoms. The Labute approximate surface area is 122 Å². The quantitative estimate of drug-likeness (QED) is 0.799. The zero-order valence-electron chi connectivity index (χ0n) is 12.7. The van der Waals surface area contributed by atoms with Crippen molar-refractivity contribution in [2.24, 2.45) is 0 Å². The average molecular weight is 299 g/mol. The maximum absolute atomic E-state index is 12.4. The number of methoxy groups -OCH3 is 1. The smallest absolute Gasteiger partial charge is 0.179 e. The molecule has 1 aromatic carbocycles. The topological polar surface area (TPSA) is 55.4 Å². The van der Waals surface area contributed by atoms with E-state index in [1.54, 1.807) is 19.2 Å². The van der Waals surface area contributed by atoms with Crippen LogP contribution in [0.4, 0.5) is 0 Å². The minimum atomic E-state index is -3.29. The van der Waals surface area contributed by atoms with Crippen molar-refractivity contribution in [2.45, 2.75) is 37.6 Å². The molecule has 0 aliphatic rings. The third-order valence-electron chi connectivity index (χ3n) is 3.19. The van der Waals surface area contributed by atoms with E-state index in [2.05, 4.69) is 19.2 Å². The van der Waals surface area contributed by atoms with E-state index >= 15 is 0 Å². The standard InChI is InChI=1S/C15H25NO3S/c1-5-16-14(10-19-4)11-20(17,18)15-8-6-13(7-9-15)12(2)3/h6-9,12,14,16H,5,10-11H2,1-4H3. The van der Waals surface area contributed by atoms with Crippen LogP contribution in [0.1, 0.15) is 32.3 Å². The van der Waals surface area contributed by atoms with Crippen molar-refractivity contribution in [3.05, 3.63) is 29.8 Å². The van der Waals surface area contributed by atoms with E-state index < -0.39 is 9.84 Å². The third kappa shape index (κ3) is 4.89. The molecule has 1 unspecified atom stereocenters. The largest absolute Gasteiger partial charge is 0.383 e. The van der Waals surface area contributed by atoms with E-state index in [4.69, 9.17) is 4.74 Å². The summed E-state index contributed by atoms with van der Waals surface area (Å²) < 4.78 is 29.8. The van der Waals surface area contributed by atoms with Gasteiger partial charge in [0.1, 0.15) is 0 Å².